The van der Waals surface area contributed by atoms with Crippen molar-refractivity contribution in [3.8, 4) is 0 Å². The Morgan fingerprint density at radius 3 is 1.57 bits per heavy atom. The van der Waals surface area contributed by atoms with Crippen LogP contribution in [0.25, 0.3) is 0 Å². The van der Waals surface area contributed by atoms with Crippen LogP contribution in [-0.2, 0) is 33.3 Å². The molecular weight excluding hydrogens is 548 g/mol. The summed E-state index contributed by atoms with van der Waals surface area (Å²) in [6.45, 7) is 0.227. The predicted molar refractivity (Wildman–Crippen MR) is 124 cm³/mol. The average molecular weight is 587 g/mol. The summed E-state index contributed by atoms with van der Waals surface area (Å²) in [5.41, 5.74) is 0. The van der Waals surface area contributed by atoms with Crippen molar-refractivity contribution in [2.75, 3.05) is 19.8 Å². The van der Waals surface area contributed by atoms with E-state index < -0.39 is 124 Å². The molecule has 3 saturated heterocycles. The van der Waals surface area contributed by atoms with E-state index in [1.54, 1.807) is 0 Å². The number of ether oxygens (including phenoxy) is 5. The van der Waals surface area contributed by atoms with E-state index in [-0.39, 0.29) is 0 Å². The highest BCUT2D eigenvalue weighted by Gasteiger charge is 2.52. The number of aliphatic hydroxyl groups is 9. The van der Waals surface area contributed by atoms with Crippen molar-refractivity contribution in [1.29, 1.82) is 0 Å². The number of carbonyl (C=O) groups is 2. The molecule has 0 spiro atoms. The van der Waals surface area contributed by atoms with Crippen LogP contribution in [0.15, 0.2) is 0 Å². The maximum absolute atomic E-state index is 11.6. The van der Waals surface area contributed by atoms with Crippen molar-refractivity contribution in [2.45, 2.75) is 106 Å². The van der Waals surface area contributed by atoms with Gasteiger partial charge in [-0.1, -0.05) is 0 Å². The van der Waals surface area contributed by atoms with Gasteiger partial charge in [0.2, 0.25) is 11.8 Å². The molecule has 3 heterocycles. The topological polar surface area (TPSA) is 286 Å². The molecule has 0 radical (unpaired) electrons. The van der Waals surface area contributed by atoms with Gasteiger partial charge in [-0.15, -0.1) is 0 Å². The molecule has 3 rings (SSSR count). The zero-order valence-electron chi connectivity index (χ0n) is 21.7. The summed E-state index contributed by atoms with van der Waals surface area (Å²) >= 11 is 0. The molecule has 2 amide bonds. The van der Waals surface area contributed by atoms with E-state index in [2.05, 4.69) is 10.6 Å². The van der Waals surface area contributed by atoms with Gasteiger partial charge in [0.25, 0.3) is 0 Å². The maximum Gasteiger partial charge on any atom is 0.217 e. The lowest BCUT2D eigenvalue weighted by molar-refractivity contribution is -0.353. The summed E-state index contributed by atoms with van der Waals surface area (Å²) in [7, 11) is 0. The van der Waals surface area contributed by atoms with Gasteiger partial charge >= 0.3 is 0 Å². The van der Waals surface area contributed by atoms with E-state index in [1.807, 2.05) is 0 Å². The largest absolute Gasteiger partial charge is 0.394 e. The molecule has 11 N–H and O–H groups in total. The minimum atomic E-state index is -1.94. The normalized spacial score (nSPS) is 46.0. The molecule has 232 valence electrons. The predicted octanol–water partition coefficient (Wildman–Crippen LogP) is -7.29. The SMILES string of the molecule is CC(=O)N[C@H]1[C@H](OC[C@H]2OC(O)[C@@H](O[C@@H]3O[C@H](CO)[C@@H](O)[C@H](O)[C@H]3NC(C)=O)[C@@H](O)[C@@H]2O)O[C@H](CO)[C@@H](O)[C@@H]1O. The number of nitrogens with one attached hydrogen (secondary N) is 2. The molecule has 18 nitrogen and oxygen atoms in total. The highest BCUT2D eigenvalue weighted by Crippen LogP contribution is 2.30. The molecule has 3 fully saturated rings. The highest BCUT2D eigenvalue weighted by molar-refractivity contribution is 5.73. The molecule has 1 unspecified atom stereocenters. The maximum atomic E-state index is 11.6. The number of aliphatic hydroxyl groups excluding tert-OH is 9. The Morgan fingerprint density at radius 1 is 0.650 bits per heavy atom. The fourth-order valence-electron chi connectivity index (χ4n) is 4.75. The van der Waals surface area contributed by atoms with Crippen molar-refractivity contribution in [3.05, 3.63) is 0 Å². The van der Waals surface area contributed by atoms with Crippen LogP contribution < -0.4 is 10.6 Å². The number of rotatable bonds is 9. The van der Waals surface area contributed by atoms with Crippen LogP contribution in [0.2, 0.25) is 0 Å². The van der Waals surface area contributed by atoms with Crippen molar-refractivity contribution in [2.24, 2.45) is 0 Å². The monoisotopic (exact) mass is 586 g/mol. The van der Waals surface area contributed by atoms with E-state index in [0.717, 1.165) is 13.8 Å². The summed E-state index contributed by atoms with van der Waals surface area (Å²) in [5.74, 6) is -1.24. The molecule has 18 heteroatoms. The van der Waals surface area contributed by atoms with Crippen LogP contribution in [0.3, 0.4) is 0 Å². The van der Waals surface area contributed by atoms with Gasteiger partial charge in [0.15, 0.2) is 18.9 Å². The first kappa shape index (κ1) is 32.9. The van der Waals surface area contributed by atoms with Crippen LogP contribution >= 0.6 is 0 Å². The van der Waals surface area contributed by atoms with Crippen molar-refractivity contribution >= 4 is 11.8 Å². The van der Waals surface area contributed by atoms with Crippen LogP contribution in [0.1, 0.15) is 13.8 Å². The summed E-state index contributed by atoms with van der Waals surface area (Å²) in [4.78, 5) is 23.2. The lowest BCUT2D eigenvalue weighted by Crippen LogP contribution is -2.67. The molecule has 0 aromatic carbocycles. The van der Waals surface area contributed by atoms with E-state index >= 15 is 0 Å². The van der Waals surface area contributed by atoms with Gasteiger partial charge in [0, 0.05) is 13.8 Å². The Hall–Kier alpha value is -1.62. The second kappa shape index (κ2) is 14.0. The van der Waals surface area contributed by atoms with Crippen LogP contribution in [0.5, 0.6) is 0 Å². The lowest BCUT2D eigenvalue weighted by Gasteiger charge is -2.46. The Labute approximate surface area is 228 Å². The Kier molecular flexibility index (Phi) is 11.5. The van der Waals surface area contributed by atoms with Gasteiger partial charge in [-0.2, -0.15) is 0 Å². The van der Waals surface area contributed by atoms with E-state index in [0.29, 0.717) is 0 Å². The highest BCUT2D eigenvalue weighted by atomic mass is 16.7. The molecule has 15 atom stereocenters. The van der Waals surface area contributed by atoms with Gasteiger partial charge in [-0.3, -0.25) is 9.59 Å². The fraction of sp³-hybridized carbons (Fsp3) is 0.909. The molecule has 0 aliphatic carbocycles. The summed E-state index contributed by atoms with van der Waals surface area (Å²) < 4.78 is 27.2. The number of hydrogen-bond acceptors (Lipinski definition) is 16. The van der Waals surface area contributed by atoms with Gasteiger partial charge < -0.3 is 80.3 Å². The standard InChI is InChI=1S/C22H38N2O16/c1-6(27)23-11-16(32)13(29)8(3-25)38-21(11)36-5-10-15(31)18(34)19(20(35)37-10)40-22-12(24-7(2)28)17(33)14(30)9(4-26)39-22/h8-22,25-26,29-35H,3-5H2,1-2H3,(H,23,27)(H,24,28)/t8-,9-,10-,11-,12-,13-,14-,15-,16-,17-,18+,19+,20?,21-,22+/m1/s1. The van der Waals surface area contributed by atoms with Gasteiger partial charge in [-0.25, -0.2) is 0 Å². The molecule has 0 aromatic rings. The third kappa shape index (κ3) is 7.23. The fourth-order valence-corrected chi connectivity index (χ4v) is 4.75. The smallest absolute Gasteiger partial charge is 0.217 e. The summed E-state index contributed by atoms with van der Waals surface area (Å²) in [5, 5.41) is 96.5. The quantitative estimate of drug-likeness (QED) is 0.120. The molecule has 0 bridgehead atoms. The number of amides is 2. The molecule has 3 aliphatic heterocycles. The summed E-state index contributed by atoms with van der Waals surface area (Å²) in [6.07, 6.45) is -20.9. The van der Waals surface area contributed by atoms with E-state index in [1.165, 1.54) is 0 Å². The van der Waals surface area contributed by atoms with Crippen molar-refractivity contribution < 1.29 is 79.2 Å². The molecule has 3 aliphatic rings. The lowest BCUT2D eigenvalue weighted by atomic mass is 9.95. The van der Waals surface area contributed by atoms with Gasteiger partial charge in [0.1, 0.15) is 73.1 Å². The van der Waals surface area contributed by atoms with Crippen LogP contribution in [-0.4, -0.2) is 170 Å². The van der Waals surface area contributed by atoms with Gasteiger partial charge in [0.05, 0.1) is 19.8 Å². The van der Waals surface area contributed by atoms with E-state index in [4.69, 9.17) is 23.7 Å². The third-order valence-corrected chi connectivity index (χ3v) is 6.88. The third-order valence-electron chi connectivity index (χ3n) is 6.88. The second-order valence-corrected chi connectivity index (χ2v) is 9.85. The number of hydrogen-bond donors (Lipinski definition) is 11. The Bertz CT molecular complexity index is 852. The Morgan fingerprint density at radius 2 is 1.10 bits per heavy atom. The van der Waals surface area contributed by atoms with Crippen molar-refractivity contribution in [1.82, 2.24) is 10.6 Å². The minimum absolute atomic E-state index is 0.588. The zero-order valence-corrected chi connectivity index (χ0v) is 21.7. The molecule has 40 heavy (non-hydrogen) atoms. The first-order chi connectivity index (χ1) is 18.8. The van der Waals surface area contributed by atoms with Gasteiger partial charge in [-0.05, 0) is 0 Å². The summed E-state index contributed by atoms with van der Waals surface area (Å²) in [6, 6.07) is -2.69. The first-order valence-electron chi connectivity index (χ1n) is 12.6. The van der Waals surface area contributed by atoms with Crippen LogP contribution in [0.4, 0.5) is 0 Å². The molecule has 0 saturated carbocycles. The van der Waals surface area contributed by atoms with E-state index in [9.17, 15) is 55.5 Å². The number of carbonyl (C=O) groups excluding carboxylic acids is 2. The minimum Gasteiger partial charge on any atom is -0.394 e. The molecule has 0 aromatic heterocycles. The zero-order chi connectivity index (χ0) is 29.9. The Balaban J connectivity index is 1.68. The second-order valence-electron chi connectivity index (χ2n) is 9.85. The molecular formula is C22H38N2O16. The first-order valence-corrected chi connectivity index (χ1v) is 12.6. The van der Waals surface area contributed by atoms with Crippen LogP contribution in [0, 0.1) is 0 Å². The average Bonchev–Trinajstić information content (AvgIpc) is 2.90. The van der Waals surface area contributed by atoms with Crippen molar-refractivity contribution in [3.63, 3.8) is 0 Å².